The predicted octanol–water partition coefficient (Wildman–Crippen LogP) is 0.473. The molecule has 1 aromatic rings. The van der Waals surface area contributed by atoms with Crippen molar-refractivity contribution in [1.82, 2.24) is 15.1 Å². The van der Waals surface area contributed by atoms with Gasteiger partial charge in [0.2, 0.25) is 5.91 Å². The van der Waals surface area contributed by atoms with Gasteiger partial charge in [-0.1, -0.05) is 6.92 Å². The number of hydrogen-bond donors (Lipinski definition) is 2. The van der Waals surface area contributed by atoms with E-state index in [1.54, 1.807) is 6.92 Å². The van der Waals surface area contributed by atoms with E-state index in [1.807, 2.05) is 0 Å². The zero-order valence-corrected chi connectivity index (χ0v) is 10.3. The topological polar surface area (TPSA) is 90.1 Å². The molecule has 7 nitrogen and oxygen atoms in total. The molecule has 1 aromatic heterocycles. The predicted molar refractivity (Wildman–Crippen MR) is 64.9 cm³/mol. The Balaban J connectivity index is 2.52. The first kappa shape index (κ1) is 13.5. The fraction of sp³-hybridized carbons (Fsp3) is 0.556. The normalized spacial score (nSPS) is 12.1. The molecule has 1 heterocycles. The number of nitrogens with one attached hydrogen (secondary N) is 1. The number of nitrogens with zero attached hydrogens (tertiary/aromatic N) is 3. The van der Waals surface area contributed by atoms with Gasteiger partial charge in [0, 0.05) is 12.3 Å². The van der Waals surface area contributed by atoms with Crippen LogP contribution >= 0.6 is 12.6 Å². The zero-order valence-electron chi connectivity index (χ0n) is 9.37. The monoisotopic (exact) mass is 258 g/mol. The molecule has 0 radical (unpaired) electrons. The summed E-state index contributed by atoms with van der Waals surface area (Å²) in [6, 6.07) is 0. The molecular weight excluding hydrogens is 244 g/mol. The van der Waals surface area contributed by atoms with Crippen molar-refractivity contribution in [1.29, 1.82) is 0 Å². The summed E-state index contributed by atoms with van der Waals surface area (Å²) >= 11 is 3.98. The highest BCUT2D eigenvalue weighted by atomic mass is 32.1. The molecule has 0 aliphatic rings. The lowest BCUT2D eigenvalue weighted by Gasteiger charge is -2.11. The molecule has 1 unspecified atom stereocenters. The fourth-order valence-corrected chi connectivity index (χ4v) is 1.38. The van der Waals surface area contributed by atoms with Crippen LogP contribution in [-0.2, 0) is 11.3 Å². The third-order valence-corrected chi connectivity index (χ3v) is 2.37. The zero-order chi connectivity index (χ0) is 12.8. The van der Waals surface area contributed by atoms with E-state index >= 15 is 0 Å². The summed E-state index contributed by atoms with van der Waals surface area (Å²) in [5.74, 6) is 0.165. The Morgan fingerprint density at radius 3 is 3.00 bits per heavy atom. The van der Waals surface area contributed by atoms with Crippen LogP contribution in [0.1, 0.15) is 6.92 Å². The van der Waals surface area contributed by atoms with Crippen LogP contribution in [0.25, 0.3) is 0 Å². The average molecular weight is 258 g/mol. The molecule has 94 valence electrons. The van der Waals surface area contributed by atoms with E-state index in [9.17, 15) is 14.9 Å². The van der Waals surface area contributed by atoms with Gasteiger partial charge in [0.05, 0.1) is 17.4 Å². The molecule has 1 rings (SSSR count). The maximum Gasteiger partial charge on any atom is 0.306 e. The Morgan fingerprint density at radius 2 is 2.47 bits per heavy atom. The quantitative estimate of drug-likeness (QED) is 0.441. The number of carbonyl (C=O) groups is 1. The molecular formula is C9H14N4O3S. The SMILES string of the molecule is CC(Cn1cc([N+](=O)[O-])cn1)C(=O)NCCS. The second-order valence-electron chi connectivity index (χ2n) is 3.59. The third kappa shape index (κ3) is 4.06. The lowest BCUT2D eigenvalue weighted by molar-refractivity contribution is -0.385. The van der Waals surface area contributed by atoms with E-state index in [0.29, 0.717) is 18.8 Å². The van der Waals surface area contributed by atoms with Gasteiger partial charge in [0.1, 0.15) is 12.4 Å². The van der Waals surface area contributed by atoms with Crippen molar-refractivity contribution in [2.24, 2.45) is 5.92 Å². The first-order valence-corrected chi connectivity index (χ1v) is 5.73. The van der Waals surface area contributed by atoms with Crippen LogP contribution in [0.5, 0.6) is 0 Å². The highest BCUT2D eigenvalue weighted by Gasteiger charge is 2.15. The second-order valence-corrected chi connectivity index (χ2v) is 4.04. The van der Waals surface area contributed by atoms with E-state index in [4.69, 9.17) is 0 Å². The van der Waals surface area contributed by atoms with Gasteiger partial charge in [-0.2, -0.15) is 17.7 Å². The summed E-state index contributed by atoms with van der Waals surface area (Å²) < 4.78 is 1.39. The minimum absolute atomic E-state index is 0.0760. The van der Waals surface area contributed by atoms with Gasteiger partial charge >= 0.3 is 5.69 Å². The molecule has 0 spiro atoms. The highest BCUT2D eigenvalue weighted by molar-refractivity contribution is 7.80. The number of carbonyl (C=O) groups excluding carboxylic acids is 1. The first-order chi connectivity index (χ1) is 8.04. The summed E-state index contributed by atoms with van der Waals surface area (Å²) in [4.78, 5) is 21.4. The van der Waals surface area contributed by atoms with Crippen LogP contribution in [0, 0.1) is 16.0 Å². The number of aromatic nitrogens is 2. The van der Waals surface area contributed by atoms with Gasteiger partial charge in [-0.05, 0) is 0 Å². The molecule has 0 bridgehead atoms. The molecule has 1 atom stereocenters. The van der Waals surface area contributed by atoms with Crippen LogP contribution in [0.3, 0.4) is 0 Å². The molecule has 0 saturated heterocycles. The van der Waals surface area contributed by atoms with Crippen LogP contribution < -0.4 is 5.32 Å². The number of thiol groups is 1. The summed E-state index contributed by atoms with van der Waals surface area (Å²) in [5, 5.41) is 17.0. The minimum Gasteiger partial charge on any atom is -0.355 e. The van der Waals surface area contributed by atoms with Gasteiger partial charge in [-0.15, -0.1) is 0 Å². The van der Waals surface area contributed by atoms with E-state index in [0.717, 1.165) is 0 Å². The lowest BCUT2D eigenvalue weighted by Crippen LogP contribution is -2.32. The molecule has 17 heavy (non-hydrogen) atoms. The Hall–Kier alpha value is -1.57. The third-order valence-electron chi connectivity index (χ3n) is 2.15. The fourth-order valence-electron chi connectivity index (χ4n) is 1.26. The highest BCUT2D eigenvalue weighted by Crippen LogP contribution is 2.09. The van der Waals surface area contributed by atoms with Crippen molar-refractivity contribution in [2.45, 2.75) is 13.5 Å². The van der Waals surface area contributed by atoms with Crippen molar-refractivity contribution in [3.63, 3.8) is 0 Å². The average Bonchev–Trinajstić information content (AvgIpc) is 2.74. The van der Waals surface area contributed by atoms with Gasteiger partial charge in [-0.3, -0.25) is 19.6 Å². The van der Waals surface area contributed by atoms with Gasteiger partial charge < -0.3 is 5.32 Å². The number of rotatable bonds is 6. The summed E-state index contributed by atoms with van der Waals surface area (Å²) in [6.45, 7) is 2.55. The van der Waals surface area contributed by atoms with E-state index < -0.39 is 4.92 Å². The number of amides is 1. The molecule has 0 fully saturated rings. The summed E-state index contributed by atoms with van der Waals surface area (Å²) in [7, 11) is 0. The molecule has 1 amide bonds. The van der Waals surface area contributed by atoms with Crippen LogP contribution in [-0.4, -0.2) is 32.9 Å². The first-order valence-electron chi connectivity index (χ1n) is 5.10. The van der Waals surface area contributed by atoms with Crippen LogP contribution in [0.15, 0.2) is 12.4 Å². The van der Waals surface area contributed by atoms with Crippen LogP contribution in [0.2, 0.25) is 0 Å². The molecule has 0 aliphatic heterocycles. The second kappa shape index (κ2) is 6.24. The Bertz CT molecular complexity index is 407. The van der Waals surface area contributed by atoms with E-state index in [1.165, 1.54) is 17.1 Å². The van der Waals surface area contributed by atoms with E-state index in [-0.39, 0.29) is 17.5 Å². The van der Waals surface area contributed by atoms with Gasteiger partial charge in [-0.25, -0.2) is 0 Å². The van der Waals surface area contributed by atoms with Crippen molar-refractivity contribution < 1.29 is 9.72 Å². The Kier molecular flexibility index (Phi) is 4.95. The number of nitro groups is 1. The largest absolute Gasteiger partial charge is 0.355 e. The summed E-state index contributed by atoms with van der Waals surface area (Å²) in [5.41, 5.74) is -0.0760. The summed E-state index contributed by atoms with van der Waals surface area (Å²) in [6.07, 6.45) is 2.47. The van der Waals surface area contributed by atoms with Gasteiger partial charge in [0.25, 0.3) is 0 Å². The van der Waals surface area contributed by atoms with Crippen molar-refractivity contribution in [2.75, 3.05) is 12.3 Å². The Morgan fingerprint density at radius 1 is 1.76 bits per heavy atom. The van der Waals surface area contributed by atoms with Crippen molar-refractivity contribution in [3.8, 4) is 0 Å². The van der Waals surface area contributed by atoms with E-state index in [2.05, 4.69) is 23.0 Å². The van der Waals surface area contributed by atoms with Crippen molar-refractivity contribution in [3.05, 3.63) is 22.5 Å². The molecule has 0 aromatic carbocycles. The van der Waals surface area contributed by atoms with Crippen LogP contribution in [0.4, 0.5) is 5.69 Å². The maximum absolute atomic E-state index is 11.5. The van der Waals surface area contributed by atoms with Gasteiger partial charge in [0.15, 0.2) is 0 Å². The lowest BCUT2D eigenvalue weighted by atomic mass is 10.1. The molecule has 0 aliphatic carbocycles. The smallest absolute Gasteiger partial charge is 0.306 e. The minimum atomic E-state index is -0.519. The number of hydrogen-bond acceptors (Lipinski definition) is 5. The molecule has 1 N–H and O–H groups in total. The standard InChI is InChI=1S/C9H14N4O3S/c1-7(9(14)10-2-3-17)5-12-6-8(4-11-12)13(15)16/h4,6-7,17H,2-3,5H2,1H3,(H,10,14). The molecule has 8 heteroatoms. The van der Waals surface area contributed by atoms with Crippen molar-refractivity contribution >= 4 is 24.2 Å². The maximum atomic E-state index is 11.5. The Labute approximate surface area is 104 Å². The molecule has 0 saturated carbocycles.